The van der Waals surface area contributed by atoms with Gasteiger partial charge in [0.05, 0.1) is 0 Å². The van der Waals surface area contributed by atoms with E-state index in [1.807, 2.05) is 11.8 Å². The van der Waals surface area contributed by atoms with E-state index >= 15 is 0 Å². The molecular formula is C24H22S. The van der Waals surface area contributed by atoms with Crippen molar-refractivity contribution in [3.8, 4) is 0 Å². The maximum atomic E-state index is 2.33. The molecule has 0 saturated carbocycles. The van der Waals surface area contributed by atoms with Gasteiger partial charge in [-0.3, -0.25) is 0 Å². The average molecular weight is 343 g/mol. The first-order valence-electron chi connectivity index (χ1n) is 8.83. The van der Waals surface area contributed by atoms with Crippen LogP contribution < -0.4 is 0 Å². The van der Waals surface area contributed by atoms with Crippen LogP contribution in [0, 0.1) is 0 Å². The molecule has 0 fully saturated rings. The quantitative estimate of drug-likeness (QED) is 0.369. The number of rotatable bonds is 4. The molecule has 4 aromatic rings. The van der Waals surface area contributed by atoms with Crippen LogP contribution in [0.5, 0.6) is 0 Å². The predicted octanol–water partition coefficient (Wildman–Crippen LogP) is 7.55. The fourth-order valence-corrected chi connectivity index (χ4v) is 4.60. The van der Waals surface area contributed by atoms with Crippen molar-refractivity contribution in [2.24, 2.45) is 0 Å². The minimum Gasteiger partial charge on any atom is -0.146 e. The van der Waals surface area contributed by atoms with Gasteiger partial charge in [-0.1, -0.05) is 84.9 Å². The Morgan fingerprint density at radius 1 is 0.520 bits per heavy atom. The van der Waals surface area contributed by atoms with Crippen LogP contribution in [0.25, 0.3) is 21.5 Å². The van der Waals surface area contributed by atoms with Gasteiger partial charge in [-0.15, -0.1) is 11.8 Å². The van der Waals surface area contributed by atoms with Crippen molar-refractivity contribution in [1.29, 1.82) is 0 Å². The standard InChI is InChI=1S/C24H22S/c1-17(21-13-11-19-7-3-5-9-23(19)15-21)25-18(2)22-14-12-20-8-4-6-10-24(20)16-22/h3-18H,1-2H3/t17-,18?/m0/s1. The van der Waals surface area contributed by atoms with Gasteiger partial charge >= 0.3 is 0 Å². The van der Waals surface area contributed by atoms with E-state index in [0.29, 0.717) is 10.5 Å². The van der Waals surface area contributed by atoms with Crippen LogP contribution in [-0.2, 0) is 0 Å². The monoisotopic (exact) mass is 342 g/mol. The van der Waals surface area contributed by atoms with Crippen LogP contribution in [0.2, 0.25) is 0 Å². The van der Waals surface area contributed by atoms with Gasteiger partial charge in [-0.25, -0.2) is 0 Å². The Morgan fingerprint density at radius 3 is 1.36 bits per heavy atom. The summed E-state index contributed by atoms with van der Waals surface area (Å²) in [6, 6.07) is 30.9. The van der Waals surface area contributed by atoms with Crippen LogP contribution in [-0.4, -0.2) is 0 Å². The van der Waals surface area contributed by atoms with Crippen molar-refractivity contribution in [3.63, 3.8) is 0 Å². The summed E-state index contributed by atoms with van der Waals surface area (Å²) in [7, 11) is 0. The van der Waals surface area contributed by atoms with E-state index < -0.39 is 0 Å². The summed E-state index contributed by atoms with van der Waals surface area (Å²) in [5, 5.41) is 6.20. The van der Waals surface area contributed by atoms with E-state index in [9.17, 15) is 0 Å². The van der Waals surface area contributed by atoms with Crippen molar-refractivity contribution in [2.75, 3.05) is 0 Å². The first-order valence-corrected chi connectivity index (χ1v) is 9.78. The third-order valence-electron chi connectivity index (χ3n) is 4.89. The van der Waals surface area contributed by atoms with Crippen LogP contribution >= 0.6 is 11.8 Å². The lowest BCUT2D eigenvalue weighted by Gasteiger charge is -2.19. The highest BCUT2D eigenvalue weighted by Crippen LogP contribution is 2.41. The molecule has 0 radical (unpaired) electrons. The molecule has 4 aromatic carbocycles. The number of hydrogen-bond acceptors (Lipinski definition) is 1. The first-order chi connectivity index (χ1) is 12.2. The number of benzene rings is 4. The minimum absolute atomic E-state index is 0.464. The van der Waals surface area contributed by atoms with E-state index in [1.54, 1.807) is 0 Å². The summed E-state index contributed by atoms with van der Waals surface area (Å²) in [5.41, 5.74) is 2.80. The number of fused-ring (bicyclic) bond motifs is 2. The predicted molar refractivity (Wildman–Crippen MR) is 112 cm³/mol. The van der Waals surface area contributed by atoms with Crippen LogP contribution in [0.15, 0.2) is 84.9 Å². The molecule has 0 aliphatic heterocycles. The zero-order chi connectivity index (χ0) is 17.2. The van der Waals surface area contributed by atoms with E-state index in [2.05, 4.69) is 98.8 Å². The van der Waals surface area contributed by atoms with Crippen LogP contribution in [0.4, 0.5) is 0 Å². The SMILES string of the molecule is CC(S[C@@H](C)c1ccc2ccccc2c1)c1ccc2ccccc2c1. The second-order valence-electron chi connectivity index (χ2n) is 6.63. The summed E-state index contributed by atoms with van der Waals surface area (Å²) in [6.45, 7) is 4.62. The Hall–Kier alpha value is -2.25. The van der Waals surface area contributed by atoms with Gasteiger partial charge in [0.25, 0.3) is 0 Å². The van der Waals surface area contributed by atoms with Gasteiger partial charge < -0.3 is 0 Å². The molecule has 0 saturated heterocycles. The Bertz CT molecular complexity index is 935. The van der Waals surface area contributed by atoms with Crippen molar-refractivity contribution in [1.82, 2.24) is 0 Å². The first kappa shape index (κ1) is 16.2. The minimum atomic E-state index is 0.464. The molecule has 0 nitrogen and oxygen atoms in total. The summed E-state index contributed by atoms with van der Waals surface area (Å²) >= 11 is 2.02. The molecule has 0 amide bonds. The second kappa shape index (κ2) is 6.93. The Balaban J connectivity index is 1.56. The molecular weight excluding hydrogens is 320 g/mol. The average Bonchev–Trinajstić information content (AvgIpc) is 2.67. The van der Waals surface area contributed by atoms with Gasteiger partial charge in [0.1, 0.15) is 0 Å². The molecule has 0 aliphatic rings. The summed E-state index contributed by atoms with van der Waals surface area (Å²) in [4.78, 5) is 0. The zero-order valence-electron chi connectivity index (χ0n) is 14.6. The molecule has 25 heavy (non-hydrogen) atoms. The second-order valence-corrected chi connectivity index (χ2v) is 8.32. The van der Waals surface area contributed by atoms with Crippen molar-refractivity contribution in [3.05, 3.63) is 96.1 Å². The summed E-state index contributed by atoms with van der Waals surface area (Å²) in [6.07, 6.45) is 0. The zero-order valence-corrected chi connectivity index (χ0v) is 15.5. The van der Waals surface area contributed by atoms with E-state index in [1.165, 1.54) is 32.7 Å². The molecule has 2 atom stereocenters. The molecule has 4 rings (SSSR count). The molecule has 1 unspecified atom stereocenters. The van der Waals surface area contributed by atoms with Gasteiger partial charge in [0.2, 0.25) is 0 Å². The Labute approximate surface area is 153 Å². The topological polar surface area (TPSA) is 0 Å². The van der Waals surface area contributed by atoms with Gasteiger partial charge in [0, 0.05) is 10.5 Å². The van der Waals surface area contributed by atoms with Gasteiger partial charge in [-0.2, -0.15) is 0 Å². The highest BCUT2D eigenvalue weighted by molar-refractivity contribution is 7.99. The van der Waals surface area contributed by atoms with Crippen molar-refractivity contribution >= 4 is 33.3 Å². The Kier molecular flexibility index (Phi) is 4.50. The molecule has 1 heteroatoms. The molecule has 0 spiro atoms. The van der Waals surface area contributed by atoms with E-state index in [0.717, 1.165) is 0 Å². The molecule has 0 aliphatic carbocycles. The van der Waals surface area contributed by atoms with Gasteiger partial charge in [0.15, 0.2) is 0 Å². The van der Waals surface area contributed by atoms with Crippen LogP contribution in [0.3, 0.4) is 0 Å². The lowest BCUT2D eigenvalue weighted by molar-refractivity contribution is 1.04. The third kappa shape index (κ3) is 3.43. The maximum Gasteiger partial charge on any atom is 0.0275 e. The molecule has 0 bridgehead atoms. The van der Waals surface area contributed by atoms with Crippen LogP contribution in [0.1, 0.15) is 35.5 Å². The molecule has 124 valence electrons. The maximum absolute atomic E-state index is 2.33. The van der Waals surface area contributed by atoms with Crippen molar-refractivity contribution in [2.45, 2.75) is 24.3 Å². The normalized spacial score (nSPS) is 13.8. The largest absolute Gasteiger partial charge is 0.146 e. The highest BCUT2D eigenvalue weighted by Gasteiger charge is 2.14. The fourth-order valence-electron chi connectivity index (χ4n) is 3.38. The third-order valence-corrected chi connectivity index (χ3v) is 6.25. The smallest absolute Gasteiger partial charge is 0.0275 e. The number of thioether (sulfide) groups is 1. The molecule has 0 heterocycles. The number of hydrogen-bond donors (Lipinski definition) is 0. The molecule has 0 N–H and O–H groups in total. The lowest BCUT2D eigenvalue weighted by atomic mass is 10.1. The lowest BCUT2D eigenvalue weighted by Crippen LogP contribution is -1.94. The summed E-state index contributed by atoms with van der Waals surface area (Å²) in [5.74, 6) is 0. The summed E-state index contributed by atoms with van der Waals surface area (Å²) < 4.78 is 0. The van der Waals surface area contributed by atoms with Gasteiger partial charge in [-0.05, 0) is 46.5 Å². The van der Waals surface area contributed by atoms with E-state index in [-0.39, 0.29) is 0 Å². The fraction of sp³-hybridized carbons (Fsp3) is 0.167. The van der Waals surface area contributed by atoms with Crippen molar-refractivity contribution < 1.29 is 0 Å². The highest BCUT2D eigenvalue weighted by atomic mass is 32.2. The molecule has 0 aromatic heterocycles. The Morgan fingerprint density at radius 2 is 0.920 bits per heavy atom. The van der Waals surface area contributed by atoms with E-state index in [4.69, 9.17) is 0 Å².